The lowest BCUT2D eigenvalue weighted by molar-refractivity contribution is -0.140. The Balaban J connectivity index is 2.54. The maximum atomic E-state index is 12.6. The van der Waals surface area contributed by atoms with Gasteiger partial charge in [0, 0.05) is 18.5 Å². The van der Waals surface area contributed by atoms with Crippen molar-refractivity contribution in [1.82, 2.24) is 10.5 Å². The number of carbonyl (C=O) groups excluding carboxylic acids is 1. The van der Waals surface area contributed by atoms with E-state index in [0.29, 0.717) is 17.0 Å². The van der Waals surface area contributed by atoms with Crippen LogP contribution in [0.5, 0.6) is 0 Å². The Kier molecular flexibility index (Phi) is 6.77. The number of carbonyl (C=O) groups is 1. The molecule has 0 amide bonds. The van der Waals surface area contributed by atoms with E-state index < -0.39 is 11.9 Å². The summed E-state index contributed by atoms with van der Waals surface area (Å²) in [5, 5.41) is 44.0. The van der Waals surface area contributed by atoms with Gasteiger partial charge in [0.2, 0.25) is 0 Å². The van der Waals surface area contributed by atoms with E-state index in [1.807, 2.05) is 0 Å². The van der Waals surface area contributed by atoms with Gasteiger partial charge in [0.1, 0.15) is 6.61 Å². The highest BCUT2D eigenvalue weighted by atomic mass is 16.8. The number of benzene rings is 1. The molecule has 1 heterocycles. The van der Waals surface area contributed by atoms with Crippen LogP contribution in [0.1, 0.15) is 25.3 Å². The fourth-order valence-corrected chi connectivity index (χ4v) is 2.95. The number of methoxy groups -OCH3 is 1. The van der Waals surface area contributed by atoms with Gasteiger partial charge >= 0.3 is 5.97 Å². The van der Waals surface area contributed by atoms with E-state index in [1.165, 1.54) is 25.3 Å². The standard InChI is InChI=1S/C17H21N3O7/c1-10-14(17(21)27-8-7-26-3)15(16(20(24)25)11(2)18-10)12-5-4-6-13(9-12)19(22)23/h4-6,9,15,18,22,24H,7-8H2,1-3H3/q-2/t15-/m1/s1. The molecule has 0 fully saturated rings. The van der Waals surface area contributed by atoms with Crippen molar-refractivity contribution in [3.8, 4) is 0 Å². The third-order valence-corrected chi connectivity index (χ3v) is 4.10. The molecule has 2 rings (SSSR count). The normalized spacial score (nSPS) is 16.9. The van der Waals surface area contributed by atoms with E-state index in [2.05, 4.69) is 5.32 Å². The Morgan fingerprint density at radius 1 is 1.19 bits per heavy atom. The number of ether oxygens (including phenoxy) is 2. The van der Waals surface area contributed by atoms with Crippen molar-refractivity contribution < 1.29 is 24.7 Å². The van der Waals surface area contributed by atoms with Gasteiger partial charge in [-0.05, 0) is 31.5 Å². The van der Waals surface area contributed by atoms with Gasteiger partial charge < -0.3 is 35.7 Å². The number of anilines is 1. The van der Waals surface area contributed by atoms with Crippen LogP contribution in [0.15, 0.2) is 46.9 Å². The maximum absolute atomic E-state index is 12.6. The molecule has 1 aliphatic rings. The van der Waals surface area contributed by atoms with Crippen molar-refractivity contribution in [1.29, 1.82) is 0 Å². The molecule has 0 aromatic heterocycles. The third kappa shape index (κ3) is 4.56. The van der Waals surface area contributed by atoms with Crippen molar-refractivity contribution >= 4 is 11.7 Å². The van der Waals surface area contributed by atoms with Crippen molar-refractivity contribution in [2.24, 2.45) is 0 Å². The summed E-state index contributed by atoms with van der Waals surface area (Å²) in [6.45, 7) is 3.39. The van der Waals surface area contributed by atoms with Crippen LogP contribution < -0.4 is 10.5 Å². The second-order valence-electron chi connectivity index (χ2n) is 5.88. The molecule has 0 unspecified atom stereocenters. The molecule has 0 spiro atoms. The largest absolute Gasteiger partial charge is 0.734 e. The summed E-state index contributed by atoms with van der Waals surface area (Å²) in [7, 11) is 1.46. The van der Waals surface area contributed by atoms with E-state index in [4.69, 9.17) is 14.7 Å². The average Bonchev–Trinajstić information content (AvgIpc) is 2.60. The molecule has 3 N–H and O–H groups in total. The summed E-state index contributed by atoms with van der Waals surface area (Å²) in [5.74, 6) is -1.72. The highest BCUT2D eigenvalue weighted by Crippen LogP contribution is 2.40. The Bertz CT molecular complexity index is 759. The Hall–Kier alpha value is -2.63. The number of hydrogen-bond donors (Lipinski definition) is 3. The van der Waals surface area contributed by atoms with E-state index in [1.54, 1.807) is 19.9 Å². The first-order valence-electron chi connectivity index (χ1n) is 8.04. The van der Waals surface area contributed by atoms with Gasteiger partial charge in [0.25, 0.3) is 0 Å². The molecule has 0 radical (unpaired) electrons. The van der Waals surface area contributed by atoms with Crippen LogP contribution in [0.4, 0.5) is 5.69 Å². The van der Waals surface area contributed by atoms with Gasteiger partial charge in [0.05, 0.1) is 29.5 Å². The molecule has 10 nitrogen and oxygen atoms in total. The van der Waals surface area contributed by atoms with Crippen LogP contribution in [0.2, 0.25) is 0 Å². The smallest absolute Gasteiger partial charge is 0.336 e. The fraction of sp³-hybridized carbons (Fsp3) is 0.353. The maximum Gasteiger partial charge on any atom is 0.336 e. The minimum absolute atomic E-state index is 0.00208. The fourth-order valence-electron chi connectivity index (χ4n) is 2.95. The van der Waals surface area contributed by atoms with Gasteiger partial charge in [-0.15, -0.1) is 0 Å². The molecule has 0 bridgehead atoms. The SMILES string of the molecule is COCCOC(=O)C1=C(C)NC(C)=C(N([O-])O)[C@@H]1c1cccc(N([O-])O)c1. The zero-order valence-corrected chi connectivity index (χ0v) is 15.1. The number of hydrogen-bond acceptors (Lipinski definition) is 10. The third-order valence-electron chi connectivity index (χ3n) is 4.10. The Labute approximate surface area is 156 Å². The first-order chi connectivity index (χ1) is 12.8. The van der Waals surface area contributed by atoms with Crippen molar-refractivity contribution in [2.75, 3.05) is 25.6 Å². The molecular formula is C17H21N3O7-2. The minimum atomic E-state index is -1.01. The van der Waals surface area contributed by atoms with Gasteiger partial charge in [0.15, 0.2) is 0 Å². The molecule has 1 aliphatic heterocycles. The Morgan fingerprint density at radius 2 is 1.89 bits per heavy atom. The second-order valence-corrected chi connectivity index (χ2v) is 5.88. The van der Waals surface area contributed by atoms with Crippen LogP contribution in [-0.4, -0.2) is 41.9 Å². The molecule has 1 aromatic rings. The highest BCUT2D eigenvalue weighted by Gasteiger charge is 2.35. The summed E-state index contributed by atoms with van der Waals surface area (Å²) in [4.78, 5) is 12.6. The molecule has 10 heteroatoms. The molecule has 1 atom stereocenters. The number of hydroxylamine groups is 2. The monoisotopic (exact) mass is 379 g/mol. The predicted octanol–water partition coefficient (Wildman–Crippen LogP) is 1.95. The van der Waals surface area contributed by atoms with Gasteiger partial charge in [-0.3, -0.25) is 10.4 Å². The highest BCUT2D eigenvalue weighted by molar-refractivity contribution is 5.92. The van der Waals surface area contributed by atoms with E-state index >= 15 is 0 Å². The summed E-state index contributed by atoms with van der Waals surface area (Å²) in [6, 6.07) is 5.72. The molecule has 148 valence electrons. The number of rotatable bonds is 7. The number of nitrogens with zero attached hydrogens (tertiary/aromatic N) is 2. The number of nitrogens with one attached hydrogen (secondary N) is 1. The van der Waals surface area contributed by atoms with E-state index in [9.17, 15) is 20.4 Å². The van der Waals surface area contributed by atoms with Gasteiger partial charge in [-0.2, -0.15) is 0 Å². The summed E-state index contributed by atoms with van der Waals surface area (Å²) < 4.78 is 10.0. The van der Waals surface area contributed by atoms with Gasteiger partial charge in [-0.25, -0.2) is 4.79 Å². The Morgan fingerprint density at radius 3 is 2.48 bits per heavy atom. The average molecular weight is 379 g/mol. The lowest BCUT2D eigenvalue weighted by atomic mass is 9.84. The molecule has 27 heavy (non-hydrogen) atoms. The zero-order chi connectivity index (χ0) is 20.1. The van der Waals surface area contributed by atoms with Crippen molar-refractivity contribution in [2.45, 2.75) is 19.8 Å². The number of dihydropyridines is 1. The molecule has 0 aliphatic carbocycles. The van der Waals surface area contributed by atoms with Crippen LogP contribution in [0, 0.1) is 10.4 Å². The van der Waals surface area contributed by atoms with Crippen molar-refractivity contribution in [3.05, 3.63) is 62.9 Å². The lowest BCUT2D eigenvalue weighted by Crippen LogP contribution is -2.34. The van der Waals surface area contributed by atoms with Crippen LogP contribution >= 0.6 is 0 Å². The van der Waals surface area contributed by atoms with Crippen LogP contribution in [0.3, 0.4) is 0 Å². The molecule has 0 saturated carbocycles. The van der Waals surface area contributed by atoms with E-state index in [-0.39, 0.29) is 40.6 Å². The molecule has 0 saturated heterocycles. The van der Waals surface area contributed by atoms with Crippen molar-refractivity contribution in [3.63, 3.8) is 0 Å². The first kappa shape index (κ1) is 20.7. The topological polar surface area (TPSA) is 141 Å². The predicted molar refractivity (Wildman–Crippen MR) is 95.2 cm³/mol. The van der Waals surface area contributed by atoms with Crippen LogP contribution in [0.25, 0.3) is 0 Å². The van der Waals surface area contributed by atoms with Gasteiger partial charge in [-0.1, -0.05) is 12.1 Å². The number of esters is 1. The summed E-state index contributed by atoms with van der Waals surface area (Å²) in [5.41, 5.74) is 0.964. The summed E-state index contributed by atoms with van der Waals surface area (Å²) >= 11 is 0. The minimum Gasteiger partial charge on any atom is -0.734 e. The quantitative estimate of drug-likeness (QED) is 0.366. The number of allylic oxidation sites excluding steroid dienone is 3. The van der Waals surface area contributed by atoms with E-state index in [0.717, 1.165) is 0 Å². The molecular weight excluding hydrogens is 358 g/mol. The lowest BCUT2D eigenvalue weighted by Gasteiger charge is -2.38. The zero-order valence-electron chi connectivity index (χ0n) is 15.1. The molecule has 1 aromatic carbocycles. The second kappa shape index (κ2) is 8.84. The first-order valence-corrected chi connectivity index (χ1v) is 8.04. The summed E-state index contributed by atoms with van der Waals surface area (Å²) in [6.07, 6.45) is 0. The van der Waals surface area contributed by atoms with Crippen LogP contribution in [-0.2, 0) is 14.3 Å².